The fourth-order valence-corrected chi connectivity index (χ4v) is 5.98. The van der Waals surface area contributed by atoms with Crippen molar-refractivity contribution in [2.75, 3.05) is 22.2 Å². The molecule has 5 rings (SSSR count). The number of fused-ring (bicyclic) bond motifs is 2. The summed E-state index contributed by atoms with van der Waals surface area (Å²) in [5, 5.41) is 15.0. The molecule has 3 atom stereocenters. The Morgan fingerprint density at radius 3 is 2.26 bits per heavy atom. The molecule has 4 aromatic rings. The molecule has 7 nitrogen and oxygen atoms in total. The molecule has 0 fully saturated rings. The zero-order chi connectivity index (χ0) is 37.3. The van der Waals surface area contributed by atoms with Crippen molar-refractivity contribution in [1.82, 2.24) is 15.3 Å². The van der Waals surface area contributed by atoms with E-state index < -0.39 is 51.5 Å². The summed E-state index contributed by atoms with van der Waals surface area (Å²) in [6.45, 7) is 9.86. The van der Waals surface area contributed by atoms with E-state index in [4.69, 9.17) is 43.0 Å². The van der Waals surface area contributed by atoms with Crippen LogP contribution < -0.4 is 20.4 Å². The lowest BCUT2D eigenvalue weighted by molar-refractivity contribution is -0.136. The van der Waals surface area contributed by atoms with Gasteiger partial charge in [0.05, 0.1) is 52.0 Å². The van der Waals surface area contributed by atoms with Gasteiger partial charge < -0.3 is 25.5 Å². The van der Waals surface area contributed by atoms with E-state index in [-0.39, 0.29) is 55.7 Å². The smallest absolute Gasteiger partial charge is 0.374 e. The Hall–Kier alpha value is -4.23. The Morgan fingerprint density at radius 2 is 1.68 bits per heavy atom. The average Bonchev–Trinajstić information content (AvgIpc) is 3.34. The van der Waals surface area contributed by atoms with Gasteiger partial charge in [0, 0.05) is 45.5 Å². The number of halogens is 7. The summed E-state index contributed by atoms with van der Waals surface area (Å²) in [6, 6.07) is 5.00. The van der Waals surface area contributed by atoms with E-state index in [2.05, 4.69) is 33.8 Å². The summed E-state index contributed by atoms with van der Waals surface area (Å²) in [5.41, 5.74) is -6.65. The molecule has 1 aliphatic rings. The first-order valence-corrected chi connectivity index (χ1v) is 15.0. The van der Waals surface area contributed by atoms with Crippen molar-refractivity contribution in [3.8, 4) is 0 Å². The van der Waals surface area contributed by atoms with Crippen molar-refractivity contribution in [2.24, 2.45) is 0 Å². The monoisotopic (exact) mass is 702 g/mol. The molecule has 3 N–H and O–H groups in total. The van der Waals surface area contributed by atoms with Gasteiger partial charge in [0.15, 0.2) is 5.72 Å². The van der Waals surface area contributed by atoms with Crippen LogP contribution in [0, 0.1) is 11.6 Å². The van der Waals surface area contributed by atoms with Crippen LogP contribution in [0.1, 0.15) is 42.1 Å². The Labute approximate surface area is 294 Å². The number of benzene rings is 3. The van der Waals surface area contributed by atoms with Gasteiger partial charge in [-0.25, -0.2) is 18.7 Å². The van der Waals surface area contributed by atoms with Crippen LogP contribution in [0.2, 0.25) is 5.02 Å². The van der Waals surface area contributed by atoms with Gasteiger partial charge in [-0.1, -0.05) is 30.0 Å². The predicted molar refractivity (Wildman–Crippen MR) is 187 cm³/mol. The maximum absolute atomic E-state index is 15.4. The van der Waals surface area contributed by atoms with E-state index in [0.29, 0.717) is 6.07 Å². The molecule has 0 saturated carbocycles. The SMILES string of the molecule is [B]C([B])([B])N(C=C)c1c(N(C)C(C)(O)C([B])(C)F)cc(Nc2ncnc3c(C(F)(F)F)cc(F)cc23)c2c1C(=C)NC2c1cc(F)ccc1Cl. The van der Waals surface area contributed by atoms with Gasteiger partial charge in [-0.05, 0) is 56.4 Å². The highest BCUT2D eigenvalue weighted by molar-refractivity contribution is 6.61. The van der Waals surface area contributed by atoms with E-state index in [0.717, 1.165) is 54.4 Å². The van der Waals surface area contributed by atoms with Crippen LogP contribution in [-0.4, -0.2) is 70.0 Å². The summed E-state index contributed by atoms with van der Waals surface area (Å²) in [4.78, 5) is 9.99. The Bertz CT molecular complexity index is 2040. The van der Waals surface area contributed by atoms with Gasteiger partial charge >= 0.3 is 6.18 Å². The van der Waals surface area contributed by atoms with Crippen molar-refractivity contribution < 1.29 is 31.4 Å². The molecule has 1 aromatic heterocycles. The quantitative estimate of drug-likeness (QED) is 0.111. The number of anilines is 4. The Morgan fingerprint density at radius 1 is 1.02 bits per heavy atom. The van der Waals surface area contributed by atoms with E-state index in [1.807, 2.05) is 0 Å². The molecule has 0 amide bonds. The molecule has 18 heteroatoms. The molecule has 0 spiro atoms. The summed E-state index contributed by atoms with van der Waals surface area (Å²) in [7, 11) is 25.5. The summed E-state index contributed by atoms with van der Waals surface area (Å²) in [5.74, 6) is -2.18. The highest BCUT2D eigenvalue weighted by Gasteiger charge is 2.46. The number of hydrogen-bond donors (Lipinski definition) is 3. The summed E-state index contributed by atoms with van der Waals surface area (Å²) in [6.07, 6.45) is -2.98. The second kappa shape index (κ2) is 12.5. The lowest BCUT2D eigenvalue weighted by Gasteiger charge is -2.46. The van der Waals surface area contributed by atoms with Crippen molar-refractivity contribution in [1.29, 1.82) is 0 Å². The molecule has 0 bridgehead atoms. The van der Waals surface area contributed by atoms with Crippen molar-refractivity contribution in [2.45, 2.75) is 42.6 Å². The van der Waals surface area contributed by atoms with E-state index in [1.165, 1.54) is 19.2 Å². The van der Waals surface area contributed by atoms with Gasteiger partial charge in [-0.15, -0.1) is 0 Å². The first-order chi connectivity index (χ1) is 23.0. The van der Waals surface area contributed by atoms with Crippen molar-refractivity contribution >= 4 is 82.5 Å². The molecule has 1 aliphatic heterocycles. The number of rotatable bonds is 9. The van der Waals surface area contributed by atoms with Crippen LogP contribution in [0.4, 0.5) is 49.2 Å². The van der Waals surface area contributed by atoms with E-state index in [9.17, 15) is 27.1 Å². The fraction of sp³-hybridized carbons (Fsp3) is 0.250. The highest BCUT2D eigenvalue weighted by Crippen LogP contribution is 2.53. The standard InChI is InChI=1S/C32H25B4ClF6N6O/c1-6-49(32(34,35)36)27-22(48(5)30(4,50)29(3,33)40)12-21(24-23(27)14(2)46-26(24)17-9-15(38)7-8-20(17)37)47-28-18-10-16(39)11-19(31(41,42)43)25(18)44-13-45-28/h6-13,26,46,50H,1-2H2,3-5H3,(H,44,45,47). The largest absolute Gasteiger partial charge is 0.418 e. The van der Waals surface area contributed by atoms with Crippen LogP contribution in [-0.2, 0) is 6.18 Å². The Kier molecular flexibility index (Phi) is 9.27. The molecule has 50 heavy (non-hydrogen) atoms. The molecule has 0 saturated heterocycles. The lowest BCUT2D eigenvalue weighted by Crippen LogP contribution is -2.59. The first kappa shape index (κ1) is 37.0. The zero-order valence-corrected chi connectivity index (χ0v) is 27.6. The van der Waals surface area contributed by atoms with Crippen molar-refractivity contribution in [3.63, 3.8) is 0 Å². The minimum absolute atomic E-state index is 0.00829. The second-order valence-electron chi connectivity index (χ2n) is 12.1. The minimum atomic E-state index is -4.98. The van der Waals surface area contributed by atoms with Gasteiger partial charge in [0.25, 0.3) is 0 Å². The number of aromatic nitrogens is 2. The van der Waals surface area contributed by atoms with Gasteiger partial charge in [0.1, 0.15) is 37.2 Å². The van der Waals surface area contributed by atoms with Crippen LogP contribution >= 0.6 is 11.6 Å². The van der Waals surface area contributed by atoms with Gasteiger partial charge in [-0.3, -0.25) is 4.39 Å². The number of nitrogens with one attached hydrogen (secondary N) is 2. The topological polar surface area (TPSA) is 76.6 Å². The minimum Gasteiger partial charge on any atom is -0.374 e. The molecule has 0 aliphatic carbocycles. The number of alkyl halides is 4. The van der Waals surface area contributed by atoms with E-state index in [1.54, 1.807) is 0 Å². The zero-order valence-electron chi connectivity index (χ0n) is 26.8. The summed E-state index contributed by atoms with van der Waals surface area (Å²) >= 11 is 6.54. The third kappa shape index (κ3) is 6.41. The van der Waals surface area contributed by atoms with Gasteiger partial charge in [0.2, 0.25) is 0 Å². The molecular weight excluding hydrogens is 677 g/mol. The van der Waals surface area contributed by atoms with Crippen LogP contribution in [0.25, 0.3) is 16.6 Å². The van der Waals surface area contributed by atoms with Crippen LogP contribution in [0.3, 0.4) is 0 Å². The maximum Gasteiger partial charge on any atom is 0.418 e. The molecule has 250 valence electrons. The second-order valence-corrected chi connectivity index (χ2v) is 12.5. The molecule has 2 heterocycles. The maximum atomic E-state index is 15.4. The molecular formula is C32H25B4ClF6N6O. The average molecular weight is 702 g/mol. The normalized spacial score (nSPS) is 17.0. The number of hydrogen-bond acceptors (Lipinski definition) is 7. The predicted octanol–water partition coefficient (Wildman–Crippen LogP) is 6.05. The third-order valence-electron chi connectivity index (χ3n) is 8.54. The molecule has 8 radical (unpaired) electrons. The van der Waals surface area contributed by atoms with Crippen LogP contribution in [0.15, 0.2) is 62.1 Å². The first-order valence-electron chi connectivity index (χ1n) is 14.6. The number of aliphatic hydroxyl groups is 1. The third-order valence-corrected chi connectivity index (χ3v) is 8.89. The van der Waals surface area contributed by atoms with Crippen LogP contribution in [0.5, 0.6) is 0 Å². The molecule has 3 aromatic carbocycles. The lowest BCUT2D eigenvalue weighted by atomic mass is 9.48. The van der Waals surface area contributed by atoms with E-state index >= 15 is 4.39 Å². The number of nitrogens with zero attached hydrogens (tertiary/aromatic N) is 4. The van der Waals surface area contributed by atoms with Gasteiger partial charge in [-0.2, -0.15) is 13.2 Å². The Balaban J connectivity index is 1.93. The highest BCUT2D eigenvalue weighted by atomic mass is 35.5. The van der Waals surface area contributed by atoms with Crippen molar-refractivity contribution in [3.05, 3.63) is 101 Å². The molecule has 3 unspecified atom stereocenters. The fourth-order valence-electron chi connectivity index (χ4n) is 5.75. The summed E-state index contributed by atoms with van der Waals surface area (Å²) < 4.78 is 86.7.